The first kappa shape index (κ1) is 15.7. The molecule has 0 aliphatic heterocycles. The predicted molar refractivity (Wildman–Crippen MR) is 92.7 cm³/mol. The Labute approximate surface area is 138 Å². The van der Waals surface area contributed by atoms with Gasteiger partial charge in [-0.05, 0) is 47.5 Å². The molecule has 0 saturated carbocycles. The second-order valence-corrected chi connectivity index (χ2v) is 5.14. The first-order valence-corrected chi connectivity index (χ1v) is 7.38. The number of benzene rings is 2. The minimum absolute atomic E-state index is 0.260. The average molecular weight is 320 g/mol. The highest BCUT2D eigenvalue weighted by Crippen LogP contribution is 2.09. The molecule has 118 valence electrons. The Kier molecular flexibility index (Phi) is 4.87. The van der Waals surface area contributed by atoms with E-state index >= 15 is 0 Å². The molecule has 0 N–H and O–H groups in total. The summed E-state index contributed by atoms with van der Waals surface area (Å²) in [6.45, 7) is 0. The minimum Gasteiger partial charge on any atom is -0.253 e. The normalized spacial score (nSPS) is 11.4. The summed E-state index contributed by atoms with van der Waals surface area (Å²) < 4.78 is 25.7. The van der Waals surface area contributed by atoms with E-state index in [1.54, 1.807) is 36.7 Å². The first-order valence-electron chi connectivity index (χ1n) is 7.38. The van der Waals surface area contributed by atoms with E-state index < -0.39 is 0 Å². The lowest BCUT2D eigenvalue weighted by Gasteiger charge is -1.96. The maximum atomic E-state index is 12.8. The molecule has 0 spiro atoms. The zero-order valence-corrected chi connectivity index (χ0v) is 12.7. The van der Waals surface area contributed by atoms with Gasteiger partial charge in [0.1, 0.15) is 11.6 Å². The van der Waals surface area contributed by atoms with Crippen LogP contribution in [0.25, 0.3) is 24.3 Å². The van der Waals surface area contributed by atoms with Gasteiger partial charge < -0.3 is 0 Å². The van der Waals surface area contributed by atoms with E-state index in [4.69, 9.17) is 0 Å². The number of halogens is 2. The van der Waals surface area contributed by atoms with Gasteiger partial charge in [-0.1, -0.05) is 36.4 Å². The lowest BCUT2D eigenvalue weighted by Crippen LogP contribution is -1.86. The molecule has 0 radical (unpaired) electrons. The van der Waals surface area contributed by atoms with Crippen LogP contribution in [0, 0.1) is 11.6 Å². The third-order valence-electron chi connectivity index (χ3n) is 3.32. The summed E-state index contributed by atoms with van der Waals surface area (Å²) in [5, 5.41) is 0. The van der Waals surface area contributed by atoms with Crippen molar-refractivity contribution in [3.05, 3.63) is 95.1 Å². The Morgan fingerprint density at radius 3 is 1.25 bits per heavy atom. The average Bonchev–Trinajstić information content (AvgIpc) is 2.62. The number of hydrogen-bond donors (Lipinski definition) is 0. The number of nitrogens with zero attached hydrogens (tertiary/aromatic N) is 2. The van der Waals surface area contributed by atoms with Crippen LogP contribution in [0.4, 0.5) is 8.78 Å². The monoisotopic (exact) mass is 320 g/mol. The lowest BCUT2D eigenvalue weighted by atomic mass is 10.2. The van der Waals surface area contributed by atoms with E-state index in [1.807, 2.05) is 24.3 Å². The van der Waals surface area contributed by atoms with Crippen LogP contribution in [0.1, 0.15) is 22.5 Å². The molecule has 0 aliphatic rings. The predicted octanol–water partition coefficient (Wildman–Crippen LogP) is 5.10. The largest absolute Gasteiger partial charge is 0.253 e. The summed E-state index contributed by atoms with van der Waals surface area (Å²) in [6, 6.07) is 12.4. The van der Waals surface area contributed by atoms with Crippen LogP contribution in [-0.4, -0.2) is 9.97 Å². The van der Waals surface area contributed by atoms with Gasteiger partial charge in [0.25, 0.3) is 0 Å². The van der Waals surface area contributed by atoms with E-state index in [0.717, 1.165) is 11.1 Å². The Balaban J connectivity index is 1.66. The van der Waals surface area contributed by atoms with E-state index in [9.17, 15) is 8.78 Å². The molecule has 0 saturated heterocycles. The molecule has 1 aromatic heterocycles. The molecule has 1 heterocycles. The third kappa shape index (κ3) is 4.43. The van der Waals surface area contributed by atoms with Crippen molar-refractivity contribution in [3.63, 3.8) is 0 Å². The minimum atomic E-state index is -0.260. The number of aromatic nitrogens is 2. The Morgan fingerprint density at radius 1 is 0.542 bits per heavy atom. The zero-order valence-electron chi connectivity index (χ0n) is 12.7. The van der Waals surface area contributed by atoms with Crippen LogP contribution in [0.15, 0.2) is 60.9 Å². The molecule has 0 amide bonds. The van der Waals surface area contributed by atoms with Crippen molar-refractivity contribution in [1.82, 2.24) is 9.97 Å². The summed E-state index contributed by atoms with van der Waals surface area (Å²) in [7, 11) is 0. The molecule has 2 aromatic carbocycles. The number of rotatable bonds is 4. The maximum absolute atomic E-state index is 12.8. The quantitative estimate of drug-likeness (QED) is 0.668. The number of hydrogen-bond acceptors (Lipinski definition) is 2. The van der Waals surface area contributed by atoms with E-state index in [0.29, 0.717) is 11.4 Å². The molecule has 3 aromatic rings. The van der Waals surface area contributed by atoms with Crippen molar-refractivity contribution in [3.8, 4) is 0 Å². The summed E-state index contributed by atoms with van der Waals surface area (Å²) in [5.41, 5.74) is 3.19. The second-order valence-electron chi connectivity index (χ2n) is 5.14. The van der Waals surface area contributed by atoms with E-state index in [2.05, 4.69) is 9.97 Å². The topological polar surface area (TPSA) is 25.8 Å². The molecular weight excluding hydrogens is 306 g/mol. The molecule has 24 heavy (non-hydrogen) atoms. The summed E-state index contributed by atoms with van der Waals surface area (Å²) in [4.78, 5) is 8.61. The molecular formula is C20H14F2N2. The van der Waals surface area contributed by atoms with Crippen LogP contribution in [0.5, 0.6) is 0 Å². The molecule has 0 atom stereocenters. The van der Waals surface area contributed by atoms with Gasteiger partial charge in [0, 0.05) is 0 Å². The van der Waals surface area contributed by atoms with Crippen LogP contribution < -0.4 is 0 Å². The van der Waals surface area contributed by atoms with E-state index in [-0.39, 0.29) is 11.6 Å². The van der Waals surface area contributed by atoms with Crippen LogP contribution in [0.2, 0.25) is 0 Å². The van der Waals surface area contributed by atoms with Crippen LogP contribution in [0.3, 0.4) is 0 Å². The fourth-order valence-corrected chi connectivity index (χ4v) is 2.03. The molecule has 0 unspecified atom stereocenters. The van der Waals surface area contributed by atoms with Gasteiger partial charge in [0.05, 0.1) is 23.8 Å². The Morgan fingerprint density at radius 2 is 0.917 bits per heavy atom. The van der Waals surface area contributed by atoms with Crippen molar-refractivity contribution in [2.24, 2.45) is 0 Å². The molecule has 0 bridgehead atoms. The highest BCUT2D eigenvalue weighted by atomic mass is 19.1. The highest BCUT2D eigenvalue weighted by molar-refractivity contribution is 5.69. The third-order valence-corrected chi connectivity index (χ3v) is 3.32. The smallest absolute Gasteiger partial charge is 0.123 e. The first-order chi connectivity index (χ1) is 11.7. The Bertz CT molecular complexity index is 775. The highest BCUT2D eigenvalue weighted by Gasteiger charge is 1.94. The van der Waals surface area contributed by atoms with Gasteiger partial charge in [-0.2, -0.15) is 0 Å². The molecule has 0 fully saturated rings. The maximum Gasteiger partial charge on any atom is 0.123 e. The molecule has 0 aliphatic carbocycles. The summed E-state index contributed by atoms with van der Waals surface area (Å²) >= 11 is 0. The summed E-state index contributed by atoms with van der Waals surface area (Å²) in [5.74, 6) is -0.520. The fraction of sp³-hybridized carbons (Fsp3) is 0. The van der Waals surface area contributed by atoms with Crippen molar-refractivity contribution >= 4 is 24.3 Å². The van der Waals surface area contributed by atoms with Crippen LogP contribution >= 0.6 is 0 Å². The molecule has 4 heteroatoms. The van der Waals surface area contributed by atoms with Gasteiger partial charge in [0.2, 0.25) is 0 Å². The Hall–Kier alpha value is -3.14. The SMILES string of the molecule is Fc1ccc(/C=C/c2cnc(/C=C/c3ccc(F)cc3)cn2)cc1. The van der Waals surface area contributed by atoms with Gasteiger partial charge in [-0.25, -0.2) is 8.78 Å². The zero-order chi connectivity index (χ0) is 16.8. The van der Waals surface area contributed by atoms with Crippen LogP contribution in [-0.2, 0) is 0 Å². The van der Waals surface area contributed by atoms with Gasteiger partial charge in [0.15, 0.2) is 0 Å². The van der Waals surface area contributed by atoms with Gasteiger partial charge in [-0.3, -0.25) is 9.97 Å². The standard InChI is InChI=1S/C20H14F2N2/c21-17-7-1-15(2-8-17)5-11-19-13-24-20(14-23-19)12-6-16-3-9-18(22)10-4-16/h1-14H/b11-5+,12-6+. The van der Waals surface area contributed by atoms with Gasteiger partial charge in [-0.15, -0.1) is 0 Å². The van der Waals surface area contributed by atoms with Gasteiger partial charge >= 0.3 is 0 Å². The van der Waals surface area contributed by atoms with E-state index in [1.165, 1.54) is 24.3 Å². The fourth-order valence-electron chi connectivity index (χ4n) is 2.03. The van der Waals surface area contributed by atoms with Crippen molar-refractivity contribution in [1.29, 1.82) is 0 Å². The van der Waals surface area contributed by atoms with Crippen molar-refractivity contribution in [2.45, 2.75) is 0 Å². The second kappa shape index (κ2) is 7.42. The van der Waals surface area contributed by atoms with Crippen molar-refractivity contribution < 1.29 is 8.78 Å². The van der Waals surface area contributed by atoms with Crippen molar-refractivity contribution in [2.75, 3.05) is 0 Å². The molecule has 2 nitrogen and oxygen atoms in total. The molecule has 3 rings (SSSR count). The lowest BCUT2D eigenvalue weighted by molar-refractivity contribution is 0.627. The summed E-state index contributed by atoms with van der Waals surface area (Å²) in [6.07, 6.45) is 10.6.